The minimum absolute atomic E-state index is 0.0166. The lowest BCUT2D eigenvalue weighted by Gasteiger charge is -2.28. The van der Waals surface area contributed by atoms with Gasteiger partial charge in [0.25, 0.3) is 5.91 Å². The van der Waals surface area contributed by atoms with Crippen LogP contribution in [0.25, 0.3) is 0 Å². The Morgan fingerprint density at radius 2 is 1.52 bits per heavy atom. The van der Waals surface area contributed by atoms with Gasteiger partial charge < -0.3 is 24.0 Å². The molecule has 0 aliphatic heterocycles. The molecule has 8 heteroatoms. The summed E-state index contributed by atoms with van der Waals surface area (Å²) in [6.45, 7) is 5.93. The van der Waals surface area contributed by atoms with E-state index in [-0.39, 0.29) is 18.4 Å². The Bertz CT molecular complexity index is 1260. The van der Waals surface area contributed by atoms with E-state index in [1.807, 2.05) is 47.4 Å². The second-order valence-electron chi connectivity index (χ2n) is 10.5. The third kappa shape index (κ3) is 10.2. The largest absolute Gasteiger partial charge is 0.493 e. The van der Waals surface area contributed by atoms with Crippen molar-refractivity contribution in [1.82, 2.24) is 9.80 Å². The molecule has 0 aliphatic rings. The highest BCUT2D eigenvalue weighted by Crippen LogP contribution is 2.28. The van der Waals surface area contributed by atoms with E-state index in [9.17, 15) is 9.59 Å². The Morgan fingerprint density at radius 1 is 0.786 bits per heavy atom. The molecule has 228 valence electrons. The number of unbranched alkanes of at least 4 members (excludes halogenated alkanes) is 3. The van der Waals surface area contributed by atoms with Gasteiger partial charge in [0, 0.05) is 35.5 Å². The zero-order valence-electron chi connectivity index (χ0n) is 25.8. The number of ether oxygens (including phenoxy) is 3. The molecule has 0 saturated heterocycles. The maximum absolute atomic E-state index is 13.8. The van der Waals surface area contributed by atoms with E-state index in [0.717, 1.165) is 23.3 Å². The van der Waals surface area contributed by atoms with Crippen LogP contribution in [0.4, 0.5) is 0 Å². The lowest BCUT2D eigenvalue weighted by Crippen LogP contribution is -2.44. The zero-order valence-corrected chi connectivity index (χ0v) is 26.6. The predicted molar refractivity (Wildman–Crippen MR) is 170 cm³/mol. The Morgan fingerprint density at radius 3 is 2.17 bits per heavy atom. The highest BCUT2D eigenvalue weighted by molar-refractivity contribution is 7.11. The van der Waals surface area contributed by atoms with E-state index >= 15 is 0 Å². The first-order valence-electron chi connectivity index (χ1n) is 14.8. The van der Waals surface area contributed by atoms with Gasteiger partial charge in [-0.2, -0.15) is 0 Å². The molecule has 7 nitrogen and oxygen atoms in total. The van der Waals surface area contributed by atoms with Gasteiger partial charge in [-0.05, 0) is 73.7 Å². The molecular formula is C34H46N2O5S. The van der Waals surface area contributed by atoms with E-state index in [1.54, 1.807) is 37.6 Å². The van der Waals surface area contributed by atoms with Crippen LogP contribution in [0.2, 0.25) is 0 Å². The number of hydrogen-bond donors (Lipinski definition) is 0. The van der Waals surface area contributed by atoms with Crippen LogP contribution in [-0.2, 0) is 28.9 Å². The van der Waals surface area contributed by atoms with Crippen LogP contribution in [0.5, 0.6) is 11.5 Å². The summed E-state index contributed by atoms with van der Waals surface area (Å²) in [4.78, 5) is 33.1. The predicted octanol–water partition coefficient (Wildman–Crippen LogP) is 6.56. The minimum Gasteiger partial charge on any atom is -0.493 e. The molecule has 3 aromatic rings. The average molecular weight is 595 g/mol. The first-order valence-corrected chi connectivity index (χ1v) is 15.6. The summed E-state index contributed by atoms with van der Waals surface area (Å²) >= 11 is 1.68. The van der Waals surface area contributed by atoms with Crippen molar-refractivity contribution in [2.24, 2.45) is 0 Å². The second kappa shape index (κ2) is 17.6. The maximum atomic E-state index is 13.8. The van der Waals surface area contributed by atoms with Crippen molar-refractivity contribution in [3.63, 3.8) is 0 Å². The Hall–Kier alpha value is -3.36. The summed E-state index contributed by atoms with van der Waals surface area (Å²) in [6.07, 6.45) is 6.48. The average Bonchev–Trinajstić information content (AvgIpc) is 3.43. The smallest absolute Gasteiger partial charge is 0.254 e. The highest BCUT2D eigenvalue weighted by atomic mass is 32.1. The normalized spacial score (nSPS) is 10.9. The van der Waals surface area contributed by atoms with E-state index in [0.29, 0.717) is 49.7 Å². The van der Waals surface area contributed by atoms with Crippen molar-refractivity contribution in [1.29, 1.82) is 0 Å². The second-order valence-corrected chi connectivity index (χ2v) is 11.9. The number of thiophene rings is 1. The lowest BCUT2D eigenvalue weighted by molar-refractivity contribution is -0.132. The number of carbonyl (C=O) groups excluding carboxylic acids is 2. The molecule has 0 spiro atoms. The fourth-order valence-electron chi connectivity index (χ4n) is 4.82. The SMILES string of the molecule is CCCCCCc1ccc(C(=O)N(CCOC)CC(=O)N(CCc2ccc(OC)c(OC)c2)Cc2ccc(C)s2)cc1. The van der Waals surface area contributed by atoms with Gasteiger partial charge in [-0.15, -0.1) is 11.3 Å². The van der Waals surface area contributed by atoms with Gasteiger partial charge in [0.2, 0.25) is 5.91 Å². The first kappa shape index (κ1) is 33.1. The van der Waals surface area contributed by atoms with Crippen LogP contribution < -0.4 is 9.47 Å². The molecule has 2 amide bonds. The third-order valence-corrected chi connectivity index (χ3v) is 8.30. The van der Waals surface area contributed by atoms with Crippen molar-refractivity contribution in [2.75, 3.05) is 47.6 Å². The standard InChI is InChI=1S/C34H46N2O5S/c1-6-7-8-9-10-27-12-15-29(16-13-27)34(38)36(21-22-39-3)25-33(37)35(24-30-17-11-26(2)42-30)20-19-28-14-18-31(40-4)32(23-28)41-5/h11-18,23H,6-10,19-22,24-25H2,1-5H3. The Labute approximate surface area is 255 Å². The Balaban J connectivity index is 1.73. The molecule has 1 aromatic heterocycles. The van der Waals surface area contributed by atoms with Crippen LogP contribution in [0.15, 0.2) is 54.6 Å². The molecule has 0 saturated carbocycles. The molecule has 1 heterocycles. The monoisotopic (exact) mass is 594 g/mol. The summed E-state index contributed by atoms with van der Waals surface area (Å²) in [5, 5.41) is 0. The van der Waals surface area contributed by atoms with E-state index < -0.39 is 0 Å². The summed E-state index contributed by atoms with van der Waals surface area (Å²) < 4.78 is 16.1. The van der Waals surface area contributed by atoms with E-state index in [1.165, 1.54) is 29.7 Å². The summed E-state index contributed by atoms with van der Waals surface area (Å²) in [5.41, 5.74) is 2.85. The van der Waals surface area contributed by atoms with Gasteiger partial charge in [-0.3, -0.25) is 9.59 Å². The van der Waals surface area contributed by atoms with Crippen molar-refractivity contribution >= 4 is 23.2 Å². The molecule has 0 fully saturated rings. The van der Waals surface area contributed by atoms with Gasteiger partial charge in [-0.1, -0.05) is 44.4 Å². The Kier molecular flexibility index (Phi) is 13.9. The number of carbonyl (C=O) groups is 2. The van der Waals surface area contributed by atoms with Gasteiger partial charge >= 0.3 is 0 Å². The van der Waals surface area contributed by atoms with Crippen molar-refractivity contribution in [3.05, 3.63) is 81.0 Å². The van der Waals surface area contributed by atoms with Gasteiger partial charge in [-0.25, -0.2) is 0 Å². The lowest BCUT2D eigenvalue weighted by atomic mass is 10.0. The van der Waals surface area contributed by atoms with Crippen LogP contribution >= 0.6 is 11.3 Å². The van der Waals surface area contributed by atoms with Gasteiger partial charge in [0.15, 0.2) is 11.5 Å². The fourth-order valence-corrected chi connectivity index (χ4v) is 5.73. The zero-order chi connectivity index (χ0) is 30.3. The topological polar surface area (TPSA) is 68.3 Å². The van der Waals surface area contributed by atoms with Crippen molar-refractivity contribution in [3.8, 4) is 11.5 Å². The molecule has 2 aromatic carbocycles. The van der Waals surface area contributed by atoms with E-state index in [4.69, 9.17) is 14.2 Å². The van der Waals surface area contributed by atoms with Crippen LogP contribution in [0.3, 0.4) is 0 Å². The summed E-state index contributed by atoms with van der Waals surface area (Å²) in [6, 6.07) is 17.8. The van der Waals surface area contributed by atoms with Crippen molar-refractivity contribution < 1.29 is 23.8 Å². The van der Waals surface area contributed by atoms with Crippen LogP contribution in [0.1, 0.15) is 63.8 Å². The molecule has 0 atom stereocenters. The molecule has 0 radical (unpaired) electrons. The van der Waals surface area contributed by atoms with Crippen LogP contribution in [-0.4, -0.2) is 69.2 Å². The first-order chi connectivity index (χ1) is 20.4. The van der Waals surface area contributed by atoms with Gasteiger partial charge in [0.1, 0.15) is 6.54 Å². The summed E-state index contributed by atoms with van der Waals surface area (Å²) in [5.74, 6) is 1.06. The molecule has 0 N–H and O–H groups in total. The number of nitrogens with zero attached hydrogens (tertiary/aromatic N) is 2. The highest BCUT2D eigenvalue weighted by Gasteiger charge is 2.23. The van der Waals surface area contributed by atoms with Gasteiger partial charge in [0.05, 0.1) is 27.4 Å². The number of aryl methyl sites for hydroxylation is 2. The minimum atomic E-state index is -0.162. The molecular weight excluding hydrogens is 548 g/mol. The van der Waals surface area contributed by atoms with E-state index in [2.05, 4.69) is 26.0 Å². The third-order valence-electron chi connectivity index (χ3n) is 7.31. The molecule has 0 unspecified atom stereocenters. The number of hydrogen-bond acceptors (Lipinski definition) is 6. The van der Waals surface area contributed by atoms with Crippen molar-refractivity contribution in [2.45, 2.75) is 58.9 Å². The molecule has 0 aliphatic carbocycles. The summed E-state index contributed by atoms with van der Waals surface area (Å²) in [7, 11) is 4.83. The number of amides is 2. The molecule has 0 bridgehead atoms. The fraction of sp³-hybridized carbons (Fsp3) is 0.471. The number of rotatable bonds is 18. The molecule has 42 heavy (non-hydrogen) atoms. The number of benzene rings is 2. The molecule has 3 rings (SSSR count). The van der Waals surface area contributed by atoms with Crippen LogP contribution in [0, 0.1) is 6.92 Å². The number of methoxy groups -OCH3 is 3. The maximum Gasteiger partial charge on any atom is 0.254 e. The quantitative estimate of drug-likeness (QED) is 0.156.